The van der Waals surface area contributed by atoms with Crippen molar-refractivity contribution in [2.45, 2.75) is 0 Å². The highest BCUT2D eigenvalue weighted by Gasteiger charge is 2.15. The molecule has 0 unspecified atom stereocenters. The van der Waals surface area contributed by atoms with E-state index in [-0.39, 0.29) is 12.1 Å². The van der Waals surface area contributed by atoms with E-state index < -0.39 is 11.7 Å². The minimum Gasteiger partial charge on any atom is -0.328 e. The van der Waals surface area contributed by atoms with Crippen LogP contribution in [0.25, 0.3) is 0 Å². The van der Waals surface area contributed by atoms with Gasteiger partial charge in [-0.05, 0) is 18.2 Å². The summed E-state index contributed by atoms with van der Waals surface area (Å²) >= 11 is 3.10. The van der Waals surface area contributed by atoms with Gasteiger partial charge in [0.15, 0.2) is 0 Å². The molecule has 78 valence electrons. The molecule has 0 aromatic heterocycles. The molecule has 0 saturated heterocycles. The van der Waals surface area contributed by atoms with Crippen LogP contribution in [0.4, 0.5) is 4.39 Å². The predicted molar refractivity (Wildman–Crippen MR) is 56.7 cm³/mol. The molecule has 1 amide bonds. The second kappa shape index (κ2) is 4.89. The van der Waals surface area contributed by atoms with Crippen molar-refractivity contribution >= 4 is 21.8 Å². The van der Waals surface area contributed by atoms with Crippen LogP contribution < -0.4 is 0 Å². The summed E-state index contributed by atoms with van der Waals surface area (Å²) in [6.07, 6.45) is 0. The number of hydrogen-bond acceptors (Lipinski definition) is 2. The summed E-state index contributed by atoms with van der Waals surface area (Å²) in [7, 11) is 1.45. The van der Waals surface area contributed by atoms with Gasteiger partial charge in [0.1, 0.15) is 12.4 Å². The summed E-state index contributed by atoms with van der Waals surface area (Å²) in [5.74, 6) is -1.10. The number of carbonyl (C=O) groups excluding carboxylic acids is 1. The fraction of sp³-hybridized carbons (Fsp3) is 0.200. The summed E-state index contributed by atoms with van der Waals surface area (Å²) in [5, 5.41) is 8.40. The van der Waals surface area contributed by atoms with Crippen LogP contribution in [0.15, 0.2) is 22.7 Å². The van der Waals surface area contributed by atoms with Crippen LogP contribution in [-0.2, 0) is 0 Å². The van der Waals surface area contributed by atoms with E-state index >= 15 is 0 Å². The van der Waals surface area contributed by atoms with Crippen LogP contribution >= 0.6 is 15.9 Å². The van der Waals surface area contributed by atoms with Gasteiger partial charge in [0.05, 0.1) is 11.6 Å². The summed E-state index contributed by atoms with van der Waals surface area (Å²) in [5.41, 5.74) is -0.0315. The monoisotopic (exact) mass is 270 g/mol. The van der Waals surface area contributed by atoms with E-state index in [9.17, 15) is 9.18 Å². The van der Waals surface area contributed by atoms with Crippen molar-refractivity contribution in [3.8, 4) is 6.07 Å². The Balaban J connectivity index is 2.97. The molecule has 0 spiro atoms. The van der Waals surface area contributed by atoms with Gasteiger partial charge in [0.25, 0.3) is 5.91 Å². The SMILES string of the molecule is CN(CC#N)C(=O)c1ccc(Br)cc1F. The van der Waals surface area contributed by atoms with Crippen molar-refractivity contribution in [3.63, 3.8) is 0 Å². The van der Waals surface area contributed by atoms with Crippen molar-refractivity contribution in [1.82, 2.24) is 4.90 Å². The summed E-state index contributed by atoms with van der Waals surface area (Å²) in [6.45, 7) is -0.0612. The Hall–Kier alpha value is -1.41. The van der Waals surface area contributed by atoms with E-state index in [2.05, 4.69) is 15.9 Å². The Bertz CT molecular complexity index is 428. The van der Waals surface area contributed by atoms with Gasteiger partial charge in [0.2, 0.25) is 0 Å². The molecule has 0 fully saturated rings. The number of hydrogen-bond donors (Lipinski definition) is 0. The molecule has 0 saturated carbocycles. The van der Waals surface area contributed by atoms with Gasteiger partial charge in [0, 0.05) is 11.5 Å². The molecule has 1 rings (SSSR count). The van der Waals surface area contributed by atoms with E-state index in [0.717, 1.165) is 4.90 Å². The van der Waals surface area contributed by atoms with Gasteiger partial charge in [-0.3, -0.25) is 4.79 Å². The molecule has 0 N–H and O–H groups in total. The summed E-state index contributed by atoms with van der Waals surface area (Å²) in [4.78, 5) is 12.7. The van der Waals surface area contributed by atoms with Crippen molar-refractivity contribution in [2.24, 2.45) is 0 Å². The zero-order chi connectivity index (χ0) is 11.4. The number of carbonyl (C=O) groups is 1. The highest BCUT2D eigenvalue weighted by atomic mass is 79.9. The van der Waals surface area contributed by atoms with Crippen molar-refractivity contribution in [3.05, 3.63) is 34.1 Å². The smallest absolute Gasteiger partial charge is 0.257 e. The number of amides is 1. The summed E-state index contributed by atoms with van der Waals surface area (Å²) in [6, 6.07) is 6.00. The minimum absolute atomic E-state index is 0.0315. The second-order valence-corrected chi connectivity index (χ2v) is 3.86. The first kappa shape index (κ1) is 11.7. The Morgan fingerprint density at radius 1 is 1.67 bits per heavy atom. The van der Waals surface area contributed by atoms with Crippen molar-refractivity contribution in [1.29, 1.82) is 5.26 Å². The van der Waals surface area contributed by atoms with E-state index in [1.807, 2.05) is 6.07 Å². The van der Waals surface area contributed by atoms with E-state index in [1.165, 1.54) is 19.2 Å². The van der Waals surface area contributed by atoms with Crippen molar-refractivity contribution < 1.29 is 9.18 Å². The standard InChI is InChI=1S/C10H8BrFN2O/c1-14(5-4-13)10(15)8-3-2-7(11)6-9(8)12/h2-3,6H,5H2,1H3. The first-order valence-corrected chi connectivity index (χ1v) is 4.93. The summed E-state index contributed by atoms with van der Waals surface area (Å²) < 4.78 is 13.9. The zero-order valence-electron chi connectivity index (χ0n) is 8.00. The van der Waals surface area contributed by atoms with Crippen LogP contribution in [0, 0.1) is 17.1 Å². The van der Waals surface area contributed by atoms with Gasteiger partial charge in [-0.1, -0.05) is 15.9 Å². The molecule has 0 aliphatic heterocycles. The Morgan fingerprint density at radius 2 is 2.33 bits per heavy atom. The third-order valence-electron chi connectivity index (χ3n) is 1.82. The minimum atomic E-state index is -0.598. The first-order valence-electron chi connectivity index (χ1n) is 4.13. The number of rotatable bonds is 2. The molecule has 0 bridgehead atoms. The molecule has 15 heavy (non-hydrogen) atoms. The number of nitriles is 1. The van der Waals surface area contributed by atoms with E-state index in [0.29, 0.717) is 4.47 Å². The Labute approximate surface area is 95.2 Å². The third kappa shape index (κ3) is 2.77. The number of nitrogens with zero attached hydrogens (tertiary/aromatic N) is 2. The van der Waals surface area contributed by atoms with Crippen LogP contribution in [0.1, 0.15) is 10.4 Å². The average Bonchev–Trinajstić information content (AvgIpc) is 2.17. The molecule has 1 aromatic carbocycles. The lowest BCUT2D eigenvalue weighted by atomic mass is 10.2. The van der Waals surface area contributed by atoms with Gasteiger partial charge in [-0.25, -0.2) is 4.39 Å². The van der Waals surface area contributed by atoms with Crippen LogP contribution in [0.5, 0.6) is 0 Å². The van der Waals surface area contributed by atoms with E-state index in [1.54, 1.807) is 6.07 Å². The molecule has 0 aliphatic rings. The first-order chi connectivity index (χ1) is 7.06. The fourth-order valence-electron chi connectivity index (χ4n) is 1.05. The molecule has 5 heteroatoms. The van der Waals surface area contributed by atoms with E-state index in [4.69, 9.17) is 5.26 Å². The van der Waals surface area contributed by atoms with Crippen LogP contribution in [0.2, 0.25) is 0 Å². The maximum absolute atomic E-state index is 13.3. The highest BCUT2D eigenvalue weighted by molar-refractivity contribution is 9.10. The molecule has 0 atom stereocenters. The molecule has 0 aliphatic carbocycles. The van der Waals surface area contributed by atoms with Gasteiger partial charge >= 0.3 is 0 Å². The second-order valence-electron chi connectivity index (χ2n) is 2.94. The maximum atomic E-state index is 13.3. The maximum Gasteiger partial charge on any atom is 0.257 e. The largest absolute Gasteiger partial charge is 0.328 e. The number of benzene rings is 1. The predicted octanol–water partition coefficient (Wildman–Crippen LogP) is 2.18. The molecule has 1 aromatic rings. The fourth-order valence-corrected chi connectivity index (χ4v) is 1.38. The molecule has 3 nitrogen and oxygen atoms in total. The topological polar surface area (TPSA) is 44.1 Å². The zero-order valence-corrected chi connectivity index (χ0v) is 9.58. The van der Waals surface area contributed by atoms with Gasteiger partial charge in [-0.2, -0.15) is 5.26 Å². The number of halogens is 2. The third-order valence-corrected chi connectivity index (χ3v) is 2.31. The van der Waals surface area contributed by atoms with Crippen LogP contribution in [-0.4, -0.2) is 24.4 Å². The molecular formula is C10H8BrFN2O. The molecular weight excluding hydrogens is 263 g/mol. The lowest BCUT2D eigenvalue weighted by Gasteiger charge is -2.13. The average molecular weight is 271 g/mol. The Kier molecular flexibility index (Phi) is 3.81. The van der Waals surface area contributed by atoms with Crippen LogP contribution in [0.3, 0.4) is 0 Å². The van der Waals surface area contributed by atoms with Gasteiger partial charge in [-0.15, -0.1) is 0 Å². The Morgan fingerprint density at radius 3 is 2.87 bits per heavy atom. The lowest BCUT2D eigenvalue weighted by Crippen LogP contribution is -2.27. The highest BCUT2D eigenvalue weighted by Crippen LogP contribution is 2.16. The quantitative estimate of drug-likeness (QED) is 0.774. The lowest BCUT2D eigenvalue weighted by molar-refractivity contribution is 0.0807. The van der Waals surface area contributed by atoms with Gasteiger partial charge < -0.3 is 4.90 Å². The molecule has 0 heterocycles. The normalized spacial score (nSPS) is 9.47. The van der Waals surface area contributed by atoms with Crippen molar-refractivity contribution in [2.75, 3.05) is 13.6 Å². The molecule has 0 radical (unpaired) electrons.